The van der Waals surface area contributed by atoms with Crippen LogP contribution in [-0.2, 0) is 0 Å². The van der Waals surface area contributed by atoms with E-state index in [1.54, 1.807) is 27.4 Å². The summed E-state index contributed by atoms with van der Waals surface area (Å²) in [4.78, 5) is 3.27. The molecule has 0 radical (unpaired) electrons. The molecule has 7 heteroatoms. The van der Waals surface area contributed by atoms with Gasteiger partial charge in [0.1, 0.15) is 0 Å². The number of aryl methyl sites for hydroxylation is 1. The number of aromatic nitrogens is 1. The van der Waals surface area contributed by atoms with Gasteiger partial charge < -0.3 is 0 Å². The third-order valence-corrected chi connectivity index (χ3v) is 6.64. The first-order valence-electron chi connectivity index (χ1n) is 7.43. The predicted molar refractivity (Wildman–Crippen MR) is 99.1 cm³/mol. The van der Waals surface area contributed by atoms with Crippen LogP contribution in [0.2, 0.25) is 5.02 Å². The minimum absolute atomic E-state index is 0.0879. The Morgan fingerprint density at radius 2 is 1.64 bits per heavy atom. The number of H-pyrrole nitrogens is 1. The molecule has 0 aliphatic rings. The van der Waals surface area contributed by atoms with Crippen LogP contribution in [0.3, 0.4) is 0 Å². The van der Waals surface area contributed by atoms with Crippen molar-refractivity contribution in [2.24, 2.45) is 0 Å². The standard InChI is InChI=1S/C18H17ClFNO3Se/c1-9-18(11-7-13(20)12(19)8-14(11)21-9)25-10-5-15(22-2)17(24-4)16(6-10)23-3/h5-8,21H,1-4H3. The summed E-state index contributed by atoms with van der Waals surface area (Å²) in [5.41, 5.74) is 1.82. The van der Waals surface area contributed by atoms with E-state index in [9.17, 15) is 4.39 Å². The number of aromatic amines is 1. The molecule has 1 N–H and O–H groups in total. The number of methoxy groups -OCH3 is 3. The molecule has 0 saturated heterocycles. The Morgan fingerprint density at radius 1 is 1.00 bits per heavy atom. The summed E-state index contributed by atoms with van der Waals surface area (Å²) in [6, 6.07) is 6.95. The fourth-order valence-corrected chi connectivity index (χ4v) is 5.03. The number of benzene rings is 2. The molecule has 0 atom stereocenters. The number of halogens is 2. The molecule has 0 unspecified atom stereocenters. The number of fused-ring (bicyclic) bond motifs is 1. The molecule has 0 saturated carbocycles. The minimum atomic E-state index is -0.421. The second-order valence-electron chi connectivity index (χ2n) is 5.35. The van der Waals surface area contributed by atoms with Gasteiger partial charge in [-0.25, -0.2) is 0 Å². The van der Waals surface area contributed by atoms with E-state index in [0.717, 1.165) is 25.5 Å². The van der Waals surface area contributed by atoms with Gasteiger partial charge in [-0.2, -0.15) is 0 Å². The first-order chi connectivity index (χ1) is 12.0. The van der Waals surface area contributed by atoms with Crippen molar-refractivity contribution in [3.63, 3.8) is 0 Å². The maximum absolute atomic E-state index is 13.9. The van der Waals surface area contributed by atoms with Crippen LogP contribution in [-0.4, -0.2) is 41.3 Å². The van der Waals surface area contributed by atoms with Crippen LogP contribution in [0.4, 0.5) is 4.39 Å². The van der Waals surface area contributed by atoms with Gasteiger partial charge in [0.25, 0.3) is 0 Å². The van der Waals surface area contributed by atoms with Gasteiger partial charge in [0.05, 0.1) is 0 Å². The molecule has 1 heterocycles. The molecular formula is C18H17ClFNO3Se. The maximum atomic E-state index is 13.9. The number of hydrogen-bond acceptors (Lipinski definition) is 3. The van der Waals surface area contributed by atoms with Crippen LogP contribution in [0.15, 0.2) is 24.3 Å². The van der Waals surface area contributed by atoms with E-state index in [1.165, 1.54) is 6.07 Å². The topological polar surface area (TPSA) is 43.5 Å². The molecular weight excluding hydrogens is 412 g/mol. The van der Waals surface area contributed by atoms with E-state index >= 15 is 0 Å². The van der Waals surface area contributed by atoms with E-state index in [1.807, 2.05) is 19.1 Å². The van der Waals surface area contributed by atoms with Gasteiger partial charge in [-0.1, -0.05) is 0 Å². The summed E-state index contributed by atoms with van der Waals surface area (Å²) in [5.74, 6) is 1.34. The van der Waals surface area contributed by atoms with Crippen molar-refractivity contribution in [1.29, 1.82) is 0 Å². The molecule has 0 amide bonds. The Morgan fingerprint density at radius 3 is 2.20 bits per heavy atom. The Bertz CT molecular complexity index is 917. The molecule has 0 fully saturated rings. The van der Waals surface area contributed by atoms with Gasteiger partial charge in [-0.3, -0.25) is 0 Å². The zero-order valence-electron chi connectivity index (χ0n) is 14.2. The fourth-order valence-electron chi connectivity index (χ4n) is 2.66. The molecule has 0 bridgehead atoms. The van der Waals surface area contributed by atoms with Crippen molar-refractivity contribution in [2.75, 3.05) is 21.3 Å². The molecule has 0 aliphatic carbocycles. The fraction of sp³-hybridized carbons (Fsp3) is 0.222. The first kappa shape index (κ1) is 17.9. The molecule has 4 nitrogen and oxygen atoms in total. The van der Waals surface area contributed by atoms with E-state index in [0.29, 0.717) is 17.2 Å². The van der Waals surface area contributed by atoms with Gasteiger partial charge in [-0.05, 0) is 0 Å². The van der Waals surface area contributed by atoms with Crippen LogP contribution in [0.1, 0.15) is 5.69 Å². The van der Waals surface area contributed by atoms with Gasteiger partial charge in [-0.15, -0.1) is 0 Å². The quantitative estimate of drug-likeness (QED) is 0.636. The van der Waals surface area contributed by atoms with E-state index in [4.69, 9.17) is 25.8 Å². The Kier molecular flexibility index (Phi) is 5.13. The number of hydrogen-bond donors (Lipinski definition) is 1. The van der Waals surface area contributed by atoms with Crippen molar-refractivity contribution in [1.82, 2.24) is 4.98 Å². The summed E-state index contributed by atoms with van der Waals surface area (Å²) in [5, 5.41) is 0.953. The monoisotopic (exact) mass is 429 g/mol. The summed E-state index contributed by atoms with van der Waals surface area (Å²) < 4.78 is 32.2. The van der Waals surface area contributed by atoms with Crippen LogP contribution in [0, 0.1) is 12.7 Å². The molecule has 0 aliphatic heterocycles. The number of rotatable bonds is 5. The van der Waals surface area contributed by atoms with Gasteiger partial charge in [0, 0.05) is 0 Å². The Balaban J connectivity index is 2.10. The molecule has 2 aromatic carbocycles. The zero-order chi connectivity index (χ0) is 18.1. The molecule has 0 spiro atoms. The third kappa shape index (κ3) is 3.30. The summed E-state index contributed by atoms with van der Waals surface area (Å²) >= 11 is 5.80. The Labute approximate surface area is 156 Å². The van der Waals surface area contributed by atoms with Crippen LogP contribution >= 0.6 is 11.6 Å². The SMILES string of the molecule is COc1cc([Se]c2c(C)[nH]c3cc(Cl)c(F)cc23)cc(OC)c1OC. The normalized spacial score (nSPS) is 11.0. The number of nitrogens with one attached hydrogen (secondary N) is 1. The second-order valence-corrected chi connectivity index (χ2v) is 8.04. The van der Waals surface area contributed by atoms with Crippen LogP contribution in [0.5, 0.6) is 17.2 Å². The third-order valence-electron chi connectivity index (χ3n) is 3.83. The van der Waals surface area contributed by atoms with E-state index in [-0.39, 0.29) is 20.0 Å². The number of ether oxygens (including phenoxy) is 3. The van der Waals surface area contributed by atoms with Crippen LogP contribution < -0.4 is 23.1 Å². The molecule has 1 aromatic heterocycles. The van der Waals surface area contributed by atoms with E-state index in [2.05, 4.69) is 4.98 Å². The average Bonchev–Trinajstić information content (AvgIpc) is 2.89. The van der Waals surface area contributed by atoms with Crippen molar-refractivity contribution in [3.05, 3.63) is 40.8 Å². The average molecular weight is 429 g/mol. The van der Waals surface area contributed by atoms with Crippen molar-refractivity contribution < 1.29 is 18.6 Å². The molecule has 3 rings (SSSR count). The van der Waals surface area contributed by atoms with E-state index < -0.39 is 5.82 Å². The van der Waals surface area contributed by atoms with Gasteiger partial charge in [0.2, 0.25) is 0 Å². The zero-order valence-corrected chi connectivity index (χ0v) is 16.7. The predicted octanol–water partition coefficient (Wildman–Crippen LogP) is 2.95. The van der Waals surface area contributed by atoms with Crippen LogP contribution in [0.25, 0.3) is 10.9 Å². The second kappa shape index (κ2) is 7.16. The van der Waals surface area contributed by atoms with Crippen molar-refractivity contribution >= 4 is 46.4 Å². The molecule has 132 valence electrons. The molecule has 3 aromatic rings. The van der Waals surface area contributed by atoms with Crippen molar-refractivity contribution in [3.8, 4) is 17.2 Å². The Hall–Kier alpha value is -1.88. The first-order valence-corrected chi connectivity index (χ1v) is 9.52. The summed E-state index contributed by atoms with van der Waals surface area (Å²) in [6.45, 7) is 1.97. The van der Waals surface area contributed by atoms with Crippen molar-refractivity contribution in [2.45, 2.75) is 6.92 Å². The van der Waals surface area contributed by atoms with Gasteiger partial charge >= 0.3 is 156 Å². The summed E-state index contributed by atoms with van der Waals surface area (Å²) in [7, 11) is 4.74. The summed E-state index contributed by atoms with van der Waals surface area (Å²) in [6.07, 6.45) is 0. The molecule has 25 heavy (non-hydrogen) atoms. The van der Waals surface area contributed by atoms with Gasteiger partial charge in [0.15, 0.2) is 0 Å².